The van der Waals surface area contributed by atoms with Gasteiger partial charge in [-0.3, -0.25) is 14.6 Å². The molecule has 0 saturated carbocycles. The van der Waals surface area contributed by atoms with E-state index in [1.54, 1.807) is 18.3 Å². The van der Waals surface area contributed by atoms with Crippen LogP contribution >= 0.6 is 11.3 Å². The molecule has 0 aromatic carbocycles. The molecule has 116 valence electrons. The number of nitrogens with one attached hydrogen (secondary N) is 1. The van der Waals surface area contributed by atoms with Gasteiger partial charge in [0.15, 0.2) is 5.78 Å². The number of pyridine rings is 1. The highest BCUT2D eigenvalue weighted by atomic mass is 32.1. The van der Waals surface area contributed by atoms with E-state index in [1.807, 2.05) is 43.4 Å². The first-order valence-corrected chi connectivity index (χ1v) is 7.86. The molecule has 6 heteroatoms. The molecule has 22 heavy (non-hydrogen) atoms. The van der Waals surface area contributed by atoms with E-state index in [-0.39, 0.29) is 24.2 Å². The van der Waals surface area contributed by atoms with E-state index < -0.39 is 0 Å². The number of carbonyl (C=O) groups excluding carboxylic acids is 2. The molecule has 5 nitrogen and oxygen atoms in total. The van der Waals surface area contributed by atoms with Gasteiger partial charge in [0.1, 0.15) is 5.69 Å². The van der Waals surface area contributed by atoms with Crippen molar-refractivity contribution >= 4 is 28.7 Å². The zero-order chi connectivity index (χ0) is 16.1. The largest absolute Gasteiger partial charge is 0.378 e. The highest BCUT2D eigenvalue weighted by Crippen LogP contribution is 2.13. The molecule has 0 aliphatic heterocycles. The number of hydrogen-bond acceptors (Lipinski definition) is 5. The minimum absolute atomic E-state index is 0.0396. The molecule has 2 heterocycles. The second-order valence-corrected chi connectivity index (χ2v) is 6.22. The Morgan fingerprint density at radius 1 is 1.36 bits per heavy atom. The SMILES string of the molecule is C[C@H](CC(=O)c1cccs1)NC(=O)c1cc(N(C)C)ccn1. The van der Waals surface area contributed by atoms with Crippen molar-refractivity contribution in [3.8, 4) is 0 Å². The fraction of sp³-hybridized carbons (Fsp3) is 0.312. The van der Waals surface area contributed by atoms with Gasteiger partial charge >= 0.3 is 0 Å². The van der Waals surface area contributed by atoms with Crippen LogP contribution < -0.4 is 10.2 Å². The molecule has 0 radical (unpaired) electrons. The van der Waals surface area contributed by atoms with Crippen molar-refractivity contribution < 1.29 is 9.59 Å². The molecule has 2 aromatic rings. The first-order chi connectivity index (χ1) is 10.5. The summed E-state index contributed by atoms with van der Waals surface area (Å²) in [6.07, 6.45) is 1.88. The molecule has 0 aliphatic rings. The molecule has 0 unspecified atom stereocenters. The van der Waals surface area contributed by atoms with E-state index in [0.29, 0.717) is 10.6 Å². The van der Waals surface area contributed by atoms with Gasteiger partial charge in [-0.05, 0) is 30.5 Å². The standard InChI is InChI=1S/C16H19N3O2S/c1-11(9-14(20)15-5-4-8-22-15)18-16(21)13-10-12(19(2)3)6-7-17-13/h4-8,10-11H,9H2,1-3H3,(H,18,21)/t11-/m1/s1. The topological polar surface area (TPSA) is 62.3 Å². The average Bonchev–Trinajstić information content (AvgIpc) is 3.01. The Hall–Kier alpha value is -2.21. The van der Waals surface area contributed by atoms with Crippen molar-refractivity contribution in [3.63, 3.8) is 0 Å². The van der Waals surface area contributed by atoms with Crippen molar-refractivity contribution in [1.82, 2.24) is 10.3 Å². The Balaban J connectivity index is 1.96. The number of hydrogen-bond donors (Lipinski definition) is 1. The molecule has 1 N–H and O–H groups in total. The van der Waals surface area contributed by atoms with Crippen molar-refractivity contribution in [2.75, 3.05) is 19.0 Å². The summed E-state index contributed by atoms with van der Waals surface area (Å²) in [5.74, 6) is -0.229. The lowest BCUT2D eigenvalue weighted by Crippen LogP contribution is -2.34. The maximum absolute atomic E-state index is 12.2. The molecule has 1 amide bonds. The monoisotopic (exact) mass is 317 g/mol. The average molecular weight is 317 g/mol. The summed E-state index contributed by atoms with van der Waals surface area (Å²) >= 11 is 1.41. The van der Waals surface area contributed by atoms with Gasteiger partial charge in [-0.1, -0.05) is 6.07 Å². The van der Waals surface area contributed by atoms with Crippen LogP contribution in [0.3, 0.4) is 0 Å². The highest BCUT2D eigenvalue weighted by Gasteiger charge is 2.16. The van der Waals surface area contributed by atoms with Crippen LogP contribution in [-0.2, 0) is 0 Å². The first kappa shape index (κ1) is 16.2. The van der Waals surface area contributed by atoms with E-state index in [0.717, 1.165) is 5.69 Å². The summed E-state index contributed by atoms with van der Waals surface area (Å²) in [6, 6.07) is 6.96. The molecule has 0 spiro atoms. The minimum Gasteiger partial charge on any atom is -0.378 e. The van der Waals surface area contributed by atoms with Crippen LogP contribution in [0, 0.1) is 0 Å². The number of Topliss-reactive ketones (excluding diaryl/α,β-unsaturated/α-hetero) is 1. The quantitative estimate of drug-likeness (QED) is 0.832. The summed E-state index contributed by atoms with van der Waals surface area (Å²) in [4.78, 5) is 30.9. The van der Waals surface area contributed by atoms with Crippen molar-refractivity contribution in [3.05, 3.63) is 46.4 Å². The Kier molecular flexibility index (Phi) is 5.27. The normalized spacial score (nSPS) is 11.8. The molecule has 1 atom stereocenters. The number of aromatic nitrogens is 1. The molecular weight excluding hydrogens is 298 g/mol. The van der Waals surface area contributed by atoms with Crippen molar-refractivity contribution in [2.45, 2.75) is 19.4 Å². The molecule has 0 saturated heterocycles. The smallest absolute Gasteiger partial charge is 0.270 e. The number of ketones is 1. The van der Waals surface area contributed by atoms with Gasteiger partial charge in [-0.2, -0.15) is 0 Å². The van der Waals surface area contributed by atoms with Gasteiger partial charge in [-0.15, -0.1) is 11.3 Å². The number of anilines is 1. The van der Waals surface area contributed by atoms with E-state index in [9.17, 15) is 9.59 Å². The van der Waals surface area contributed by atoms with Crippen LogP contribution in [0.1, 0.15) is 33.5 Å². The van der Waals surface area contributed by atoms with Gasteiger partial charge in [0, 0.05) is 38.4 Å². The maximum Gasteiger partial charge on any atom is 0.270 e. The fourth-order valence-electron chi connectivity index (χ4n) is 1.99. The van der Waals surface area contributed by atoms with E-state index in [4.69, 9.17) is 0 Å². The Bertz CT molecular complexity index is 653. The Morgan fingerprint density at radius 3 is 2.77 bits per heavy atom. The molecule has 2 aromatic heterocycles. The maximum atomic E-state index is 12.2. The predicted octanol–water partition coefficient (Wildman–Crippen LogP) is 2.60. The van der Waals surface area contributed by atoms with Crippen LogP contribution in [0.15, 0.2) is 35.8 Å². The summed E-state index contributed by atoms with van der Waals surface area (Å²) in [5, 5.41) is 4.69. The van der Waals surface area contributed by atoms with Crippen LogP contribution in [0.4, 0.5) is 5.69 Å². The van der Waals surface area contributed by atoms with Crippen LogP contribution in [0.2, 0.25) is 0 Å². The number of rotatable bonds is 6. The number of nitrogens with zero attached hydrogens (tertiary/aromatic N) is 2. The second kappa shape index (κ2) is 7.17. The second-order valence-electron chi connectivity index (χ2n) is 5.27. The molecule has 0 bridgehead atoms. The molecule has 2 rings (SSSR count). The van der Waals surface area contributed by atoms with E-state index in [1.165, 1.54) is 11.3 Å². The summed E-state index contributed by atoms with van der Waals surface area (Å²) in [7, 11) is 3.80. The van der Waals surface area contributed by atoms with Crippen LogP contribution in [0.5, 0.6) is 0 Å². The first-order valence-electron chi connectivity index (χ1n) is 6.98. The van der Waals surface area contributed by atoms with Gasteiger partial charge in [0.2, 0.25) is 0 Å². The van der Waals surface area contributed by atoms with Gasteiger partial charge in [0.05, 0.1) is 4.88 Å². The van der Waals surface area contributed by atoms with E-state index in [2.05, 4.69) is 10.3 Å². The van der Waals surface area contributed by atoms with Gasteiger partial charge in [0.25, 0.3) is 5.91 Å². The number of thiophene rings is 1. The Morgan fingerprint density at radius 2 is 2.14 bits per heavy atom. The lowest BCUT2D eigenvalue weighted by Gasteiger charge is -2.15. The van der Waals surface area contributed by atoms with Crippen molar-refractivity contribution in [1.29, 1.82) is 0 Å². The van der Waals surface area contributed by atoms with Crippen LogP contribution in [-0.4, -0.2) is 36.8 Å². The Labute approximate surface area is 134 Å². The van der Waals surface area contributed by atoms with E-state index >= 15 is 0 Å². The molecule has 0 aliphatic carbocycles. The van der Waals surface area contributed by atoms with Gasteiger partial charge < -0.3 is 10.2 Å². The lowest BCUT2D eigenvalue weighted by molar-refractivity contribution is 0.0915. The van der Waals surface area contributed by atoms with Crippen LogP contribution in [0.25, 0.3) is 0 Å². The molecular formula is C16H19N3O2S. The highest BCUT2D eigenvalue weighted by molar-refractivity contribution is 7.12. The van der Waals surface area contributed by atoms with Gasteiger partial charge in [-0.25, -0.2) is 0 Å². The van der Waals surface area contributed by atoms with Crippen molar-refractivity contribution in [2.24, 2.45) is 0 Å². The number of carbonyl (C=O) groups is 2. The summed E-state index contributed by atoms with van der Waals surface area (Å²) < 4.78 is 0. The summed E-state index contributed by atoms with van der Waals surface area (Å²) in [5.41, 5.74) is 1.25. The zero-order valence-electron chi connectivity index (χ0n) is 12.9. The molecule has 0 fully saturated rings. The number of amides is 1. The minimum atomic E-state index is -0.268. The lowest BCUT2D eigenvalue weighted by atomic mass is 10.1. The predicted molar refractivity (Wildman–Crippen MR) is 88.8 cm³/mol. The summed E-state index contributed by atoms with van der Waals surface area (Å²) in [6.45, 7) is 1.82. The third-order valence-electron chi connectivity index (χ3n) is 3.16. The zero-order valence-corrected chi connectivity index (χ0v) is 13.7. The third-order valence-corrected chi connectivity index (χ3v) is 4.07. The fourth-order valence-corrected chi connectivity index (χ4v) is 2.66. The third kappa shape index (κ3) is 4.14.